The van der Waals surface area contributed by atoms with E-state index in [1.807, 2.05) is 36.4 Å². The number of nitrogens with one attached hydrogen (secondary N) is 1. The molecule has 2 N–H and O–H groups in total. The molecule has 4 atom stereocenters. The zero-order chi connectivity index (χ0) is 28.4. The summed E-state index contributed by atoms with van der Waals surface area (Å²) < 4.78 is 1.05. The van der Waals surface area contributed by atoms with E-state index >= 15 is 0 Å². The summed E-state index contributed by atoms with van der Waals surface area (Å²) in [6, 6.07) is 16.9. The topological polar surface area (TPSA) is 134 Å². The van der Waals surface area contributed by atoms with Crippen LogP contribution < -0.4 is 5.32 Å². The molecule has 3 aromatic rings. The molecule has 2 aliphatic rings. The van der Waals surface area contributed by atoms with Gasteiger partial charge in [-0.25, -0.2) is 9.48 Å². The summed E-state index contributed by atoms with van der Waals surface area (Å²) in [6.45, 7) is 4.17. The van der Waals surface area contributed by atoms with E-state index in [2.05, 4.69) is 15.6 Å². The van der Waals surface area contributed by atoms with E-state index in [0.29, 0.717) is 24.2 Å². The third-order valence-corrected chi connectivity index (χ3v) is 8.98. The largest absolute Gasteiger partial charge is 0.480 e. The van der Waals surface area contributed by atoms with Crippen molar-refractivity contribution in [2.45, 2.75) is 61.9 Å². The van der Waals surface area contributed by atoms with Crippen LogP contribution in [0.1, 0.15) is 49.6 Å². The number of benzene rings is 2. The second-order valence-corrected chi connectivity index (χ2v) is 12.5. The molecule has 11 heteroatoms. The van der Waals surface area contributed by atoms with E-state index in [0.717, 1.165) is 5.56 Å². The van der Waals surface area contributed by atoms with Crippen LogP contribution in [0.4, 0.5) is 0 Å². The number of rotatable bonds is 11. The number of Topliss-reactive ketones (excluding diaryl/α,β-unsaturated/α-hetero) is 1. The Morgan fingerprint density at radius 2 is 1.75 bits per heavy atom. The lowest BCUT2D eigenvalue weighted by atomic mass is 9.86. The molecule has 5 rings (SSSR count). The van der Waals surface area contributed by atoms with Gasteiger partial charge in [0, 0.05) is 30.2 Å². The smallest absolute Gasteiger partial charge is 0.327 e. The van der Waals surface area contributed by atoms with Crippen LogP contribution in [0.2, 0.25) is 0 Å². The fraction of sp³-hybridized carbons (Fsp3) is 0.379. The molecule has 3 heterocycles. The summed E-state index contributed by atoms with van der Waals surface area (Å²) in [4.78, 5) is 52.6. The molecule has 0 spiro atoms. The van der Waals surface area contributed by atoms with Gasteiger partial charge in [0.1, 0.15) is 12.1 Å². The van der Waals surface area contributed by atoms with Crippen LogP contribution in [-0.2, 0) is 32.1 Å². The Morgan fingerprint density at radius 3 is 2.42 bits per heavy atom. The monoisotopic (exact) mass is 561 g/mol. The Hall–Kier alpha value is -3.99. The van der Waals surface area contributed by atoms with Crippen molar-refractivity contribution < 1.29 is 24.3 Å². The molecule has 0 unspecified atom stereocenters. The minimum absolute atomic E-state index is 0.0803. The van der Waals surface area contributed by atoms with Gasteiger partial charge in [0.2, 0.25) is 11.8 Å². The summed E-state index contributed by atoms with van der Waals surface area (Å²) >= 11 is 1.41. The van der Waals surface area contributed by atoms with Crippen molar-refractivity contribution in [3.63, 3.8) is 0 Å². The first-order valence-corrected chi connectivity index (χ1v) is 14.0. The number of β-lactam (4-membered cyclic amide) rings is 1. The van der Waals surface area contributed by atoms with E-state index < -0.39 is 28.7 Å². The van der Waals surface area contributed by atoms with Gasteiger partial charge >= 0.3 is 5.97 Å². The molecule has 2 aliphatic heterocycles. The average molecular weight is 562 g/mol. The maximum absolute atomic E-state index is 13.5. The third-order valence-electron chi connectivity index (χ3n) is 7.35. The molecule has 0 radical (unpaired) electrons. The first kappa shape index (κ1) is 27.6. The number of hydrogen-bond acceptors (Lipinski definition) is 7. The van der Waals surface area contributed by atoms with E-state index in [-0.39, 0.29) is 35.8 Å². The molecule has 2 aromatic carbocycles. The SMILES string of the molecule is CC1(C)S[C@@H]2[C@H](CC(=O)[C@H](NC(=O)CCc3cn(Cc4ccccc4)nn3)c3ccccc3)C(=O)N2[C@H]1C(=O)O. The number of nitrogens with zero attached hydrogens (tertiary/aromatic N) is 4. The van der Waals surface area contributed by atoms with E-state index in [1.165, 1.54) is 16.7 Å². The number of hydrogen-bond donors (Lipinski definition) is 2. The van der Waals surface area contributed by atoms with E-state index in [9.17, 15) is 24.3 Å². The van der Waals surface area contributed by atoms with Crippen molar-refractivity contribution >= 4 is 35.3 Å². The summed E-state index contributed by atoms with van der Waals surface area (Å²) in [5.74, 6) is -2.61. The fourth-order valence-electron chi connectivity index (χ4n) is 5.38. The quantitative estimate of drug-likeness (QED) is 0.342. The molecule has 10 nitrogen and oxygen atoms in total. The lowest BCUT2D eigenvalue weighted by Gasteiger charge is -2.43. The van der Waals surface area contributed by atoms with Crippen molar-refractivity contribution in [1.82, 2.24) is 25.2 Å². The van der Waals surface area contributed by atoms with Gasteiger partial charge < -0.3 is 15.3 Å². The lowest BCUT2D eigenvalue weighted by molar-refractivity contribution is -0.164. The molecule has 0 aliphatic carbocycles. The predicted octanol–water partition coefficient (Wildman–Crippen LogP) is 2.84. The van der Waals surface area contributed by atoms with Crippen LogP contribution in [0, 0.1) is 5.92 Å². The first-order valence-electron chi connectivity index (χ1n) is 13.2. The van der Waals surface area contributed by atoms with Crippen molar-refractivity contribution in [2.75, 3.05) is 0 Å². The molecule has 2 fully saturated rings. The van der Waals surface area contributed by atoms with E-state index in [4.69, 9.17) is 0 Å². The van der Waals surface area contributed by atoms with Crippen LogP contribution >= 0.6 is 11.8 Å². The molecule has 2 amide bonds. The minimum atomic E-state index is -1.05. The molecule has 40 heavy (non-hydrogen) atoms. The average Bonchev–Trinajstić information content (AvgIpc) is 3.49. The number of amides is 2. The molecule has 0 bridgehead atoms. The summed E-state index contributed by atoms with van der Waals surface area (Å²) in [7, 11) is 0. The number of aryl methyl sites for hydroxylation is 1. The molecular weight excluding hydrogens is 530 g/mol. The van der Waals surface area contributed by atoms with Crippen molar-refractivity contribution in [3.05, 3.63) is 83.7 Å². The predicted molar refractivity (Wildman–Crippen MR) is 148 cm³/mol. The van der Waals surface area contributed by atoms with Crippen LogP contribution in [0.25, 0.3) is 0 Å². The Labute approximate surface area is 236 Å². The lowest BCUT2D eigenvalue weighted by Crippen LogP contribution is -2.63. The van der Waals surface area contributed by atoms with Gasteiger partial charge in [-0.3, -0.25) is 14.4 Å². The standard InChI is InChI=1S/C29H31N5O5S/c1-29(2)25(28(38)39)34-26(37)21(27(34)40-29)15-22(35)24(19-11-7-4-8-12-19)30-23(36)14-13-20-17-33(32-31-20)16-18-9-5-3-6-10-18/h3-12,17,21,24-25,27H,13-16H2,1-2H3,(H,30,36)(H,38,39)/t21-,24-,25+,27-/m1/s1. The number of carbonyl (C=O) groups excluding carboxylic acids is 3. The van der Waals surface area contributed by atoms with Crippen molar-refractivity contribution in [1.29, 1.82) is 0 Å². The zero-order valence-electron chi connectivity index (χ0n) is 22.3. The summed E-state index contributed by atoms with van der Waals surface area (Å²) in [5.41, 5.74) is 2.39. The maximum Gasteiger partial charge on any atom is 0.327 e. The molecule has 0 saturated carbocycles. The first-order chi connectivity index (χ1) is 19.1. The minimum Gasteiger partial charge on any atom is -0.480 e. The van der Waals surface area contributed by atoms with Gasteiger partial charge in [0.25, 0.3) is 0 Å². The van der Waals surface area contributed by atoms with Crippen LogP contribution in [0.5, 0.6) is 0 Å². The van der Waals surface area contributed by atoms with Gasteiger partial charge in [0.15, 0.2) is 5.78 Å². The second kappa shape index (κ2) is 11.2. The number of aromatic nitrogens is 3. The number of carboxylic acid groups (broad SMARTS) is 1. The van der Waals surface area contributed by atoms with Crippen molar-refractivity contribution in [2.24, 2.45) is 5.92 Å². The van der Waals surface area contributed by atoms with Gasteiger partial charge in [-0.15, -0.1) is 16.9 Å². The number of carbonyl (C=O) groups is 4. The third kappa shape index (κ3) is 5.65. The molecule has 2 saturated heterocycles. The Morgan fingerprint density at radius 1 is 1.07 bits per heavy atom. The van der Waals surface area contributed by atoms with Gasteiger partial charge in [-0.2, -0.15) is 0 Å². The highest BCUT2D eigenvalue weighted by Gasteiger charge is 2.63. The Bertz CT molecular complexity index is 1410. The van der Waals surface area contributed by atoms with Gasteiger partial charge in [-0.05, 0) is 25.0 Å². The fourth-order valence-corrected chi connectivity index (χ4v) is 7.07. The Balaban J connectivity index is 1.21. The number of carboxylic acids is 1. The summed E-state index contributed by atoms with van der Waals surface area (Å²) in [5, 5.41) is 20.4. The highest BCUT2D eigenvalue weighted by Crippen LogP contribution is 2.54. The number of fused-ring (bicyclic) bond motifs is 1. The second-order valence-electron chi connectivity index (χ2n) is 10.7. The van der Waals surface area contributed by atoms with Crippen molar-refractivity contribution in [3.8, 4) is 0 Å². The molecular formula is C29H31N5O5S. The molecule has 1 aromatic heterocycles. The van der Waals surface area contributed by atoms with Crippen LogP contribution in [0.15, 0.2) is 66.9 Å². The number of aliphatic carboxylic acids is 1. The van der Waals surface area contributed by atoms with Crippen LogP contribution in [0.3, 0.4) is 0 Å². The van der Waals surface area contributed by atoms with Gasteiger partial charge in [0.05, 0.1) is 23.5 Å². The highest BCUT2D eigenvalue weighted by atomic mass is 32.2. The van der Waals surface area contributed by atoms with Crippen LogP contribution in [-0.4, -0.2) is 64.7 Å². The summed E-state index contributed by atoms with van der Waals surface area (Å²) in [6.07, 6.45) is 2.20. The zero-order valence-corrected chi connectivity index (χ0v) is 23.1. The number of thioether (sulfide) groups is 1. The van der Waals surface area contributed by atoms with E-state index in [1.54, 1.807) is 49.0 Å². The maximum atomic E-state index is 13.5. The number of ketones is 1. The molecule has 208 valence electrons. The highest BCUT2D eigenvalue weighted by molar-refractivity contribution is 8.01. The normalized spacial score (nSPS) is 21.8. The Kier molecular flexibility index (Phi) is 7.75. The van der Waals surface area contributed by atoms with Gasteiger partial charge in [-0.1, -0.05) is 65.9 Å².